The van der Waals surface area contributed by atoms with Gasteiger partial charge in [0.25, 0.3) is 0 Å². The van der Waals surface area contributed by atoms with E-state index in [4.69, 9.17) is 4.74 Å². The Morgan fingerprint density at radius 2 is 2.00 bits per heavy atom. The summed E-state index contributed by atoms with van der Waals surface area (Å²) in [6.07, 6.45) is -0.387. The third kappa shape index (κ3) is 3.62. The van der Waals surface area contributed by atoms with Crippen LogP contribution in [0.15, 0.2) is 30.3 Å². The summed E-state index contributed by atoms with van der Waals surface area (Å²) in [4.78, 5) is 11.2. The van der Waals surface area contributed by atoms with Crippen molar-refractivity contribution in [3.63, 3.8) is 0 Å². The SMILES string of the molecule is CCOC(=O)NCCn1nc(C)c(-c2ccccc2)c1C. The summed E-state index contributed by atoms with van der Waals surface area (Å²) in [7, 11) is 0. The molecule has 1 heterocycles. The first-order valence-electron chi connectivity index (χ1n) is 7.13. The molecule has 0 saturated heterocycles. The van der Waals surface area contributed by atoms with Gasteiger partial charge in [0.1, 0.15) is 0 Å². The fraction of sp³-hybridized carbons (Fsp3) is 0.375. The molecule has 0 aliphatic carbocycles. The standard InChI is InChI=1S/C16H21N3O2/c1-4-21-16(20)17-10-11-19-13(3)15(12(2)18-19)14-8-6-5-7-9-14/h5-9H,4,10-11H2,1-3H3,(H,17,20). The van der Waals surface area contributed by atoms with Gasteiger partial charge in [-0.3, -0.25) is 4.68 Å². The average molecular weight is 287 g/mol. The second kappa shape index (κ2) is 6.92. The molecule has 1 aromatic carbocycles. The number of aromatic nitrogens is 2. The number of carbonyl (C=O) groups is 1. The van der Waals surface area contributed by atoms with Crippen molar-refractivity contribution in [2.45, 2.75) is 27.3 Å². The molecule has 5 nitrogen and oxygen atoms in total. The van der Waals surface area contributed by atoms with Crippen LogP contribution in [0.4, 0.5) is 4.79 Å². The number of carbonyl (C=O) groups excluding carboxylic acids is 1. The van der Waals surface area contributed by atoms with E-state index in [9.17, 15) is 4.79 Å². The predicted octanol–water partition coefficient (Wildman–Crippen LogP) is 2.91. The van der Waals surface area contributed by atoms with Crippen LogP contribution < -0.4 is 5.32 Å². The number of nitrogens with one attached hydrogen (secondary N) is 1. The molecule has 0 aliphatic heterocycles. The summed E-state index contributed by atoms with van der Waals surface area (Å²) in [5.41, 5.74) is 4.42. The molecule has 21 heavy (non-hydrogen) atoms. The molecule has 5 heteroatoms. The van der Waals surface area contributed by atoms with E-state index < -0.39 is 0 Å². The summed E-state index contributed by atoms with van der Waals surface area (Å²) in [5, 5.41) is 7.26. The van der Waals surface area contributed by atoms with Crippen molar-refractivity contribution in [1.82, 2.24) is 15.1 Å². The maximum Gasteiger partial charge on any atom is 0.407 e. The Balaban J connectivity index is 2.08. The number of hydrogen-bond acceptors (Lipinski definition) is 3. The van der Waals surface area contributed by atoms with Crippen molar-refractivity contribution < 1.29 is 9.53 Å². The fourth-order valence-electron chi connectivity index (χ4n) is 2.38. The minimum Gasteiger partial charge on any atom is -0.450 e. The lowest BCUT2D eigenvalue weighted by Crippen LogP contribution is -2.28. The first-order chi connectivity index (χ1) is 10.1. The van der Waals surface area contributed by atoms with Crippen LogP contribution in [0.1, 0.15) is 18.3 Å². The maximum absolute atomic E-state index is 11.2. The van der Waals surface area contributed by atoms with E-state index >= 15 is 0 Å². The first-order valence-corrected chi connectivity index (χ1v) is 7.13. The highest BCUT2D eigenvalue weighted by Crippen LogP contribution is 2.26. The van der Waals surface area contributed by atoms with Gasteiger partial charge in [-0.15, -0.1) is 0 Å². The van der Waals surface area contributed by atoms with Crippen LogP contribution in [0.3, 0.4) is 0 Å². The number of hydrogen-bond donors (Lipinski definition) is 1. The second-order valence-electron chi connectivity index (χ2n) is 4.78. The van der Waals surface area contributed by atoms with E-state index in [0.29, 0.717) is 19.7 Å². The van der Waals surface area contributed by atoms with Gasteiger partial charge in [-0.25, -0.2) is 4.79 Å². The van der Waals surface area contributed by atoms with Gasteiger partial charge in [-0.2, -0.15) is 5.10 Å². The quantitative estimate of drug-likeness (QED) is 0.920. The zero-order valence-corrected chi connectivity index (χ0v) is 12.7. The number of ether oxygens (including phenoxy) is 1. The third-order valence-corrected chi connectivity index (χ3v) is 3.31. The van der Waals surface area contributed by atoms with E-state index in [1.54, 1.807) is 6.92 Å². The molecule has 0 atom stereocenters. The Morgan fingerprint density at radius 1 is 1.29 bits per heavy atom. The zero-order valence-electron chi connectivity index (χ0n) is 12.7. The van der Waals surface area contributed by atoms with Gasteiger partial charge in [-0.1, -0.05) is 30.3 Å². The molecule has 1 aromatic heterocycles. The highest BCUT2D eigenvalue weighted by atomic mass is 16.5. The topological polar surface area (TPSA) is 56.1 Å². The molecule has 0 radical (unpaired) electrons. The zero-order chi connectivity index (χ0) is 15.2. The van der Waals surface area contributed by atoms with E-state index in [1.807, 2.05) is 36.7 Å². The van der Waals surface area contributed by atoms with Gasteiger partial charge in [-0.05, 0) is 26.3 Å². The van der Waals surface area contributed by atoms with Crippen LogP contribution >= 0.6 is 0 Å². The van der Waals surface area contributed by atoms with Crippen LogP contribution in [-0.4, -0.2) is 29.0 Å². The highest BCUT2D eigenvalue weighted by Gasteiger charge is 2.13. The van der Waals surface area contributed by atoms with Gasteiger partial charge in [0, 0.05) is 17.8 Å². The van der Waals surface area contributed by atoms with Crippen molar-refractivity contribution in [3.8, 4) is 11.1 Å². The van der Waals surface area contributed by atoms with Crippen molar-refractivity contribution in [1.29, 1.82) is 0 Å². The van der Waals surface area contributed by atoms with Crippen LogP contribution in [0.2, 0.25) is 0 Å². The molecule has 0 bridgehead atoms. The van der Waals surface area contributed by atoms with Crippen molar-refractivity contribution in [2.75, 3.05) is 13.2 Å². The highest BCUT2D eigenvalue weighted by molar-refractivity contribution is 5.68. The van der Waals surface area contributed by atoms with Crippen molar-refractivity contribution in [2.24, 2.45) is 0 Å². The van der Waals surface area contributed by atoms with Crippen LogP contribution in [0, 0.1) is 13.8 Å². The van der Waals surface area contributed by atoms with E-state index in [1.165, 1.54) is 0 Å². The molecular formula is C16H21N3O2. The summed E-state index contributed by atoms with van der Waals surface area (Å²) < 4.78 is 6.75. The molecule has 112 valence electrons. The summed E-state index contributed by atoms with van der Waals surface area (Å²) in [5.74, 6) is 0. The van der Waals surface area contributed by atoms with Crippen molar-refractivity contribution in [3.05, 3.63) is 41.7 Å². The Kier molecular flexibility index (Phi) is 4.98. The number of rotatable bonds is 5. The first kappa shape index (κ1) is 15.1. The van der Waals surface area contributed by atoms with Crippen LogP contribution in [0.5, 0.6) is 0 Å². The lowest BCUT2D eigenvalue weighted by atomic mass is 10.0. The van der Waals surface area contributed by atoms with E-state index in [-0.39, 0.29) is 6.09 Å². The Labute approximate surface area is 124 Å². The Hall–Kier alpha value is -2.30. The average Bonchev–Trinajstić information content (AvgIpc) is 2.75. The van der Waals surface area contributed by atoms with Gasteiger partial charge in [0.15, 0.2) is 0 Å². The number of benzene rings is 1. The number of nitrogens with zero attached hydrogens (tertiary/aromatic N) is 2. The smallest absolute Gasteiger partial charge is 0.407 e. The molecule has 2 aromatic rings. The molecule has 0 aliphatic rings. The molecule has 0 spiro atoms. The lowest BCUT2D eigenvalue weighted by molar-refractivity contribution is 0.151. The lowest BCUT2D eigenvalue weighted by Gasteiger charge is -2.07. The number of aryl methyl sites for hydroxylation is 1. The molecule has 0 saturated carbocycles. The van der Waals surface area contributed by atoms with Gasteiger partial charge < -0.3 is 10.1 Å². The van der Waals surface area contributed by atoms with Gasteiger partial charge >= 0.3 is 6.09 Å². The molecule has 2 rings (SSSR count). The van der Waals surface area contributed by atoms with Crippen LogP contribution in [0.25, 0.3) is 11.1 Å². The van der Waals surface area contributed by atoms with Gasteiger partial charge in [0.2, 0.25) is 0 Å². The second-order valence-corrected chi connectivity index (χ2v) is 4.78. The Bertz CT molecular complexity index is 605. The van der Waals surface area contributed by atoms with E-state index in [0.717, 1.165) is 22.5 Å². The minimum atomic E-state index is -0.387. The monoisotopic (exact) mass is 287 g/mol. The summed E-state index contributed by atoms with van der Waals surface area (Å²) in [6.45, 7) is 7.33. The van der Waals surface area contributed by atoms with Gasteiger partial charge in [0.05, 0.1) is 18.8 Å². The Morgan fingerprint density at radius 3 is 2.67 bits per heavy atom. The predicted molar refractivity (Wildman–Crippen MR) is 82.2 cm³/mol. The molecule has 0 unspecified atom stereocenters. The molecule has 0 fully saturated rings. The van der Waals surface area contributed by atoms with Crippen molar-refractivity contribution >= 4 is 6.09 Å². The molecule has 1 N–H and O–H groups in total. The number of alkyl carbamates (subject to hydrolysis) is 1. The minimum absolute atomic E-state index is 0.379. The fourth-order valence-corrected chi connectivity index (χ4v) is 2.38. The largest absolute Gasteiger partial charge is 0.450 e. The molecular weight excluding hydrogens is 266 g/mol. The maximum atomic E-state index is 11.2. The number of amides is 1. The normalized spacial score (nSPS) is 10.4. The summed E-state index contributed by atoms with van der Waals surface area (Å²) >= 11 is 0. The van der Waals surface area contributed by atoms with Crippen LogP contribution in [-0.2, 0) is 11.3 Å². The third-order valence-electron chi connectivity index (χ3n) is 3.31. The summed E-state index contributed by atoms with van der Waals surface area (Å²) in [6, 6.07) is 10.2. The molecule has 1 amide bonds. The van der Waals surface area contributed by atoms with E-state index in [2.05, 4.69) is 22.5 Å².